The summed E-state index contributed by atoms with van der Waals surface area (Å²) in [5.74, 6) is 0. The molecule has 0 saturated carbocycles. The van der Waals surface area contributed by atoms with Crippen LogP contribution in [-0.4, -0.2) is 24.8 Å². The van der Waals surface area contributed by atoms with Crippen LogP contribution in [0.3, 0.4) is 0 Å². The number of hydrogen-bond acceptors (Lipinski definition) is 3. The summed E-state index contributed by atoms with van der Waals surface area (Å²) in [6, 6.07) is 0. The summed E-state index contributed by atoms with van der Waals surface area (Å²) in [6.07, 6.45) is 1.77. The van der Waals surface area contributed by atoms with Crippen molar-refractivity contribution in [3.05, 3.63) is 11.8 Å². The van der Waals surface area contributed by atoms with Gasteiger partial charge in [0.05, 0.1) is 13.2 Å². The average molecular weight is 137 g/mol. The van der Waals surface area contributed by atoms with Crippen LogP contribution in [0.25, 0.3) is 5.65 Å². The highest BCUT2D eigenvalue weighted by molar-refractivity contribution is 5.42. The molecule has 0 aliphatic heterocycles. The van der Waals surface area contributed by atoms with Crippen LogP contribution >= 0.6 is 0 Å². The van der Waals surface area contributed by atoms with E-state index in [1.165, 1.54) is 0 Å². The largest absolute Gasteiger partial charge is 0.202 e. The van der Waals surface area contributed by atoms with Crippen LogP contribution in [0.4, 0.5) is 0 Å². The molecule has 0 aliphatic carbocycles. The minimum absolute atomic E-state index is 0.822. The molecule has 5 heteroatoms. The van der Waals surface area contributed by atoms with Gasteiger partial charge in [-0.25, -0.2) is 0 Å². The molecule has 0 amide bonds. The van der Waals surface area contributed by atoms with Gasteiger partial charge in [-0.1, -0.05) is 0 Å². The average Bonchev–Trinajstić information content (AvgIpc) is 2.41. The van der Waals surface area contributed by atoms with Crippen molar-refractivity contribution in [3.63, 3.8) is 0 Å². The van der Waals surface area contributed by atoms with E-state index >= 15 is 0 Å². The fourth-order valence-corrected chi connectivity index (χ4v) is 0.887. The van der Waals surface area contributed by atoms with E-state index < -0.39 is 0 Å². The van der Waals surface area contributed by atoms with Gasteiger partial charge in [-0.05, 0) is 12.1 Å². The van der Waals surface area contributed by atoms with Crippen molar-refractivity contribution in [1.29, 1.82) is 0 Å². The van der Waals surface area contributed by atoms with Gasteiger partial charge >= 0.3 is 0 Å². The van der Waals surface area contributed by atoms with E-state index in [1.807, 2.05) is 6.92 Å². The second-order valence-corrected chi connectivity index (χ2v) is 2.22. The lowest BCUT2D eigenvalue weighted by Gasteiger charge is -1.84. The van der Waals surface area contributed by atoms with Crippen LogP contribution in [-0.2, 0) is 7.05 Å². The van der Waals surface area contributed by atoms with E-state index in [0.717, 1.165) is 11.2 Å². The predicted octanol–water partition coefficient (Wildman–Crippen LogP) is -0.229. The maximum Gasteiger partial charge on any atom is 0.202 e. The van der Waals surface area contributed by atoms with Gasteiger partial charge in [0.2, 0.25) is 5.65 Å². The molecule has 0 saturated heterocycles. The zero-order valence-electron chi connectivity index (χ0n) is 5.81. The van der Waals surface area contributed by atoms with Crippen LogP contribution in [0, 0.1) is 6.92 Å². The molecule has 10 heavy (non-hydrogen) atoms. The number of aryl methyl sites for hydroxylation is 2. The molecule has 0 unspecified atom stereocenters. The Hall–Kier alpha value is -1.39. The second-order valence-electron chi connectivity index (χ2n) is 2.22. The van der Waals surface area contributed by atoms with Gasteiger partial charge in [0.15, 0.2) is 0 Å². The maximum atomic E-state index is 4.03. The summed E-state index contributed by atoms with van der Waals surface area (Å²) in [7, 11) is 1.80. The Labute approximate surface area is 57.2 Å². The van der Waals surface area contributed by atoms with Crippen molar-refractivity contribution in [3.8, 4) is 0 Å². The smallest absolute Gasteiger partial charge is 0.167 e. The second kappa shape index (κ2) is 1.56. The van der Waals surface area contributed by atoms with Crippen molar-refractivity contribution < 1.29 is 0 Å². The third-order valence-electron chi connectivity index (χ3n) is 1.45. The molecular weight excluding hydrogens is 130 g/mol. The molecule has 5 nitrogen and oxygen atoms in total. The molecule has 2 heterocycles. The van der Waals surface area contributed by atoms with Crippen molar-refractivity contribution in [2.45, 2.75) is 6.92 Å². The zero-order chi connectivity index (χ0) is 7.14. The number of aromatic nitrogens is 5. The number of hydrogen-bond donors (Lipinski definition) is 0. The summed E-state index contributed by atoms with van der Waals surface area (Å²) < 4.78 is 1.65. The van der Waals surface area contributed by atoms with Gasteiger partial charge < -0.3 is 0 Å². The molecule has 0 spiro atoms. The number of fused-ring (bicyclic) bond motifs is 1. The highest BCUT2D eigenvalue weighted by Gasteiger charge is 2.02. The Balaban J connectivity index is 2.95. The molecular formula is C5H7N5. The molecule has 0 N–H and O–H groups in total. The number of rotatable bonds is 0. The lowest BCUT2D eigenvalue weighted by Crippen LogP contribution is -2.01. The normalized spacial score (nSPS) is 11.0. The van der Waals surface area contributed by atoms with Crippen molar-refractivity contribution in [2.24, 2.45) is 7.05 Å². The van der Waals surface area contributed by atoms with Gasteiger partial charge in [-0.2, -0.15) is 9.90 Å². The Kier molecular flexibility index (Phi) is 0.841. The fraction of sp³-hybridized carbons (Fsp3) is 0.400. The predicted molar refractivity (Wildman–Crippen MR) is 34.5 cm³/mol. The Morgan fingerprint density at radius 2 is 2.30 bits per heavy atom. The Morgan fingerprint density at radius 1 is 1.50 bits per heavy atom. The zero-order valence-corrected chi connectivity index (χ0v) is 5.81. The van der Waals surface area contributed by atoms with Crippen molar-refractivity contribution in [1.82, 2.24) is 24.8 Å². The topological polar surface area (TPSA) is 48.0 Å². The highest BCUT2D eigenvalue weighted by atomic mass is 15.7. The maximum absolute atomic E-state index is 4.03. The Morgan fingerprint density at radius 3 is 3.00 bits per heavy atom. The van der Waals surface area contributed by atoms with Crippen LogP contribution in [0.15, 0.2) is 6.20 Å². The third-order valence-corrected chi connectivity index (χ3v) is 1.45. The molecule has 0 atom stereocenters. The lowest BCUT2D eigenvalue weighted by atomic mass is 10.4. The van der Waals surface area contributed by atoms with Gasteiger partial charge in [-0.15, -0.1) is 9.73 Å². The van der Waals surface area contributed by atoms with Crippen molar-refractivity contribution in [2.75, 3.05) is 0 Å². The molecule has 0 fully saturated rings. The minimum atomic E-state index is 0.822. The van der Waals surface area contributed by atoms with Gasteiger partial charge in [0.1, 0.15) is 0 Å². The number of nitrogens with zero attached hydrogens (tertiary/aromatic N) is 5. The molecule has 0 bridgehead atoms. The SMILES string of the molecule is Cc1cnn2c1nnn2C. The first-order chi connectivity index (χ1) is 4.79. The molecule has 2 aromatic heterocycles. The van der Waals surface area contributed by atoms with Gasteiger partial charge in [-0.3, -0.25) is 0 Å². The van der Waals surface area contributed by atoms with E-state index in [2.05, 4.69) is 15.4 Å². The van der Waals surface area contributed by atoms with Crippen LogP contribution in [0.1, 0.15) is 5.56 Å². The molecule has 0 radical (unpaired) electrons. The lowest BCUT2D eigenvalue weighted by molar-refractivity contribution is 0.544. The van der Waals surface area contributed by atoms with Crippen LogP contribution in [0.5, 0.6) is 0 Å². The van der Waals surface area contributed by atoms with E-state index in [0.29, 0.717) is 0 Å². The van der Waals surface area contributed by atoms with Crippen LogP contribution < -0.4 is 0 Å². The molecule has 2 rings (SSSR count). The minimum Gasteiger partial charge on any atom is -0.167 e. The fourth-order valence-electron chi connectivity index (χ4n) is 0.887. The first kappa shape index (κ1) is 5.40. The van der Waals surface area contributed by atoms with E-state index in [-0.39, 0.29) is 0 Å². The van der Waals surface area contributed by atoms with Crippen molar-refractivity contribution >= 4 is 5.65 Å². The van der Waals surface area contributed by atoms with E-state index in [4.69, 9.17) is 0 Å². The first-order valence-corrected chi connectivity index (χ1v) is 2.99. The molecule has 0 aromatic carbocycles. The monoisotopic (exact) mass is 137 g/mol. The molecule has 52 valence electrons. The quantitative estimate of drug-likeness (QED) is 0.504. The van der Waals surface area contributed by atoms with E-state index in [1.54, 1.807) is 22.7 Å². The van der Waals surface area contributed by atoms with Gasteiger partial charge in [0.25, 0.3) is 0 Å². The first-order valence-electron chi connectivity index (χ1n) is 2.99. The summed E-state index contributed by atoms with van der Waals surface area (Å²) in [6.45, 7) is 1.96. The molecule has 2 aromatic rings. The standard InChI is InChI=1S/C5H7N5/c1-4-3-6-10-5(4)7-8-9(10)2/h3H,1-2H3. The summed E-state index contributed by atoms with van der Waals surface area (Å²) in [5.41, 5.74) is 1.87. The molecule has 0 aliphatic rings. The summed E-state index contributed by atoms with van der Waals surface area (Å²) in [5, 5.41) is 11.7. The highest BCUT2D eigenvalue weighted by Crippen LogP contribution is 2.01. The van der Waals surface area contributed by atoms with E-state index in [9.17, 15) is 0 Å². The summed E-state index contributed by atoms with van der Waals surface area (Å²) >= 11 is 0. The summed E-state index contributed by atoms with van der Waals surface area (Å²) in [4.78, 5) is 1.59. The third kappa shape index (κ3) is 0.490. The van der Waals surface area contributed by atoms with Crippen LogP contribution in [0.2, 0.25) is 0 Å². The number of tetrazole rings is 1. The van der Waals surface area contributed by atoms with Gasteiger partial charge in [0, 0.05) is 5.56 Å². The Bertz CT molecular complexity index is 321.